The number of allylic oxidation sites excluding steroid dienone is 1. The van der Waals surface area contributed by atoms with E-state index in [-0.39, 0.29) is 5.78 Å². The Balaban J connectivity index is 4.12. The largest absolute Gasteiger partial charge is 0.298 e. The first kappa shape index (κ1) is 7.70. The van der Waals surface area contributed by atoms with Crippen LogP contribution >= 0.6 is 11.6 Å². The first-order valence-corrected chi connectivity index (χ1v) is 2.72. The molecule has 1 atom stereocenters. The minimum atomic E-state index is -0.861. The molecule has 0 aromatic heterocycles. The fourth-order valence-electron chi connectivity index (χ4n) is 0.144. The van der Waals surface area contributed by atoms with E-state index in [1.807, 2.05) is 0 Å². The molecule has 1 unspecified atom stereocenters. The average molecular weight is 133 g/mol. The molecule has 0 bridgehead atoms. The molecule has 8 heavy (non-hydrogen) atoms. The van der Waals surface area contributed by atoms with Crippen molar-refractivity contribution in [3.8, 4) is 0 Å². The summed E-state index contributed by atoms with van der Waals surface area (Å²) in [5.74, 6) is -0.0748. The van der Waals surface area contributed by atoms with Crippen LogP contribution < -0.4 is 0 Å². The summed E-state index contributed by atoms with van der Waals surface area (Å²) in [6, 6.07) is 0. The minimum Gasteiger partial charge on any atom is -0.298 e. The Labute approximate surface area is 54.3 Å². The molecule has 2 heteroatoms. The van der Waals surface area contributed by atoms with Gasteiger partial charge in [0.05, 0.1) is 0 Å². The van der Waals surface area contributed by atoms with Gasteiger partial charge in [0.2, 0.25) is 0 Å². The summed E-state index contributed by atoms with van der Waals surface area (Å²) in [7, 11) is 0. The van der Waals surface area contributed by atoms with Gasteiger partial charge in [0.1, 0.15) is 4.87 Å². The number of carbonyl (C=O) groups excluding carboxylic acids is 1. The number of hydrogen-bond donors (Lipinski definition) is 0. The van der Waals surface area contributed by atoms with Crippen LogP contribution in [0.25, 0.3) is 0 Å². The van der Waals surface area contributed by atoms with Crippen LogP contribution in [-0.2, 0) is 4.79 Å². The third kappa shape index (κ3) is 1.66. The summed E-state index contributed by atoms with van der Waals surface area (Å²) in [5, 5.41) is 0. The van der Waals surface area contributed by atoms with Crippen molar-refractivity contribution in [3.63, 3.8) is 0 Å². The highest BCUT2D eigenvalue weighted by atomic mass is 35.5. The Morgan fingerprint density at radius 1 is 1.88 bits per heavy atom. The molecule has 0 N–H and O–H groups in total. The van der Waals surface area contributed by atoms with Crippen molar-refractivity contribution in [3.05, 3.63) is 12.7 Å². The quantitative estimate of drug-likeness (QED) is 0.413. The summed E-state index contributed by atoms with van der Waals surface area (Å²) in [6.45, 7) is 6.45. The second-order valence-electron chi connectivity index (χ2n) is 1.84. The zero-order valence-corrected chi connectivity index (χ0v) is 5.83. The van der Waals surface area contributed by atoms with Gasteiger partial charge in [-0.15, -0.1) is 18.2 Å². The molecule has 0 fully saturated rings. The lowest BCUT2D eigenvalue weighted by molar-refractivity contribution is -0.118. The Morgan fingerprint density at radius 3 is 2.25 bits per heavy atom. The van der Waals surface area contributed by atoms with Gasteiger partial charge in [-0.1, -0.05) is 6.08 Å². The topological polar surface area (TPSA) is 17.1 Å². The normalized spacial score (nSPS) is 16.9. The molecule has 0 saturated heterocycles. The predicted octanol–water partition coefficient (Wildman–Crippen LogP) is 1.76. The van der Waals surface area contributed by atoms with Gasteiger partial charge in [0.25, 0.3) is 0 Å². The molecule has 0 aliphatic carbocycles. The highest BCUT2D eigenvalue weighted by Gasteiger charge is 2.21. The lowest BCUT2D eigenvalue weighted by atomic mass is 10.1. The van der Waals surface area contributed by atoms with E-state index in [2.05, 4.69) is 6.58 Å². The van der Waals surface area contributed by atoms with Gasteiger partial charge in [-0.05, 0) is 13.8 Å². The number of halogens is 1. The number of alkyl halides is 1. The van der Waals surface area contributed by atoms with Crippen molar-refractivity contribution < 1.29 is 4.79 Å². The molecule has 0 amide bonds. The molecule has 46 valence electrons. The second-order valence-corrected chi connectivity index (χ2v) is 2.62. The monoisotopic (exact) mass is 132 g/mol. The summed E-state index contributed by atoms with van der Waals surface area (Å²) in [6.07, 6.45) is 1.43. The fourth-order valence-corrected chi connectivity index (χ4v) is 0.144. The van der Waals surface area contributed by atoms with Gasteiger partial charge in [-0.3, -0.25) is 4.79 Å². The molecule has 0 radical (unpaired) electrons. The maximum atomic E-state index is 10.5. The van der Waals surface area contributed by atoms with Gasteiger partial charge in [-0.2, -0.15) is 0 Å². The molecule has 0 aliphatic heterocycles. The Kier molecular flexibility index (Phi) is 2.23. The zero-order chi connectivity index (χ0) is 6.78. The van der Waals surface area contributed by atoms with Crippen molar-refractivity contribution in [2.45, 2.75) is 18.7 Å². The van der Waals surface area contributed by atoms with Crippen molar-refractivity contribution >= 4 is 17.4 Å². The standard InChI is InChI=1S/C6H9ClO/c1-4-6(3,7)5(2)8/h4H,1H2,2-3H3. The van der Waals surface area contributed by atoms with Crippen LogP contribution in [0.4, 0.5) is 0 Å². The van der Waals surface area contributed by atoms with Gasteiger partial charge in [0, 0.05) is 0 Å². The molecule has 0 aromatic carbocycles. The number of carbonyl (C=O) groups is 1. The summed E-state index contributed by atoms with van der Waals surface area (Å²) in [5.41, 5.74) is 0. The smallest absolute Gasteiger partial charge is 0.154 e. The van der Waals surface area contributed by atoms with E-state index in [4.69, 9.17) is 11.6 Å². The Bertz CT molecular complexity index is 116. The van der Waals surface area contributed by atoms with Crippen LogP contribution in [0.15, 0.2) is 12.7 Å². The van der Waals surface area contributed by atoms with E-state index in [0.717, 1.165) is 0 Å². The number of Topliss-reactive ketones (excluding diaryl/α,β-unsaturated/α-hetero) is 1. The third-order valence-corrected chi connectivity index (χ3v) is 1.49. The number of rotatable bonds is 2. The molecule has 0 saturated carbocycles. The fraction of sp³-hybridized carbons (Fsp3) is 0.500. The molecule has 1 nitrogen and oxygen atoms in total. The molecular formula is C6H9ClO. The molecule has 0 heterocycles. The maximum Gasteiger partial charge on any atom is 0.154 e. The van der Waals surface area contributed by atoms with Crippen LogP contribution in [0.1, 0.15) is 13.8 Å². The van der Waals surface area contributed by atoms with E-state index in [9.17, 15) is 4.79 Å². The first-order chi connectivity index (χ1) is 3.50. The summed E-state index contributed by atoms with van der Waals surface area (Å²) >= 11 is 5.59. The SMILES string of the molecule is C=CC(C)(Cl)C(C)=O. The van der Waals surface area contributed by atoms with E-state index in [1.54, 1.807) is 6.92 Å². The van der Waals surface area contributed by atoms with Crippen LogP contribution in [0, 0.1) is 0 Å². The first-order valence-electron chi connectivity index (χ1n) is 2.34. The highest BCUT2D eigenvalue weighted by Crippen LogP contribution is 2.15. The highest BCUT2D eigenvalue weighted by molar-refractivity contribution is 6.36. The Morgan fingerprint density at radius 2 is 2.25 bits per heavy atom. The lowest BCUT2D eigenvalue weighted by Gasteiger charge is -2.10. The van der Waals surface area contributed by atoms with Crippen molar-refractivity contribution in [1.29, 1.82) is 0 Å². The summed E-state index contributed by atoms with van der Waals surface area (Å²) < 4.78 is 0. The van der Waals surface area contributed by atoms with Crippen LogP contribution in [-0.4, -0.2) is 10.7 Å². The van der Waals surface area contributed by atoms with Crippen molar-refractivity contribution in [2.75, 3.05) is 0 Å². The van der Waals surface area contributed by atoms with Gasteiger partial charge in [0.15, 0.2) is 5.78 Å². The van der Waals surface area contributed by atoms with Gasteiger partial charge < -0.3 is 0 Å². The molecular weight excluding hydrogens is 124 g/mol. The van der Waals surface area contributed by atoms with Crippen LogP contribution in [0.5, 0.6) is 0 Å². The predicted molar refractivity (Wildman–Crippen MR) is 35.1 cm³/mol. The van der Waals surface area contributed by atoms with Crippen LogP contribution in [0.2, 0.25) is 0 Å². The van der Waals surface area contributed by atoms with Crippen LogP contribution in [0.3, 0.4) is 0 Å². The van der Waals surface area contributed by atoms with Crippen molar-refractivity contribution in [2.24, 2.45) is 0 Å². The van der Waals surface area contributed by atoms with Gasteiger partial charge in [-0.25, -0.2) is 0 Å². The third-order valence-electron chi connectivity index (χ3n) is 1.07. The second kappa shape index (κ2) is 2.31. The molecule has 0 rings (SSSR count). The summed E-state index contributed by atoms with van der Waals surface area (Å²) in [4.78, 5) is 9.63. The van der Waals surface area contributed by atoms with E-state index in [1.165, 1.54) is 13.0 Å². The van der Waals surface area contributed by atoms with Gasteiger partial charge >= 0.3 is 0 Å². The van der Waals surface area contributed by atoms with E-state index < -0.39 is 4.87 Å². The number of hydrogen-bond acceptors (Lipinski definition) is 1. The molecule has 0 aliphatic rings. The molecule has 0 aromatic rings. The maximum absolute atomic E-state index is 10.5. The average Bonchev–Trinajstić information content (AvgIpc) is 1.67. The molecule has 0 spiro atoms. The Hall–Kier alpha value is -0.300. The lowest BCUT2D eigenvalue weighted by Crippen LogP contribution is -2.22. The number of ketones is 1. The minimum absolute atomic E-state index is 0.0748. The van der Waals surface area contributed by atoms with E-state index in [0.29, 0.717) is 0 Å². The van der Waals surface area contributed by atoms with E-state index >= 15 is 0 Å². The van der Waals surface area contributed by atoms with Crippen molar-refractivity contribution in [1.82, 2.24) is 0 Å². The zero-order valence-electron chi connectivity index (χ0n) is 5.07.